The van der Waals surface area contributed by atoms with E-state index < -0.39 is 0 Å². The molecule has 2 aromatic rings. The van der Waals surface area contributed by atoms with Gasteiger partial charge in [-0.25, -0.2) is 0 Å². The van der Waals surface area contributed by atoms with Gasteiger partial charge in [0.1, 0.15) is 0 Å². The maximum Gasteiger partial charge on any atom is 0.0548 e. The molecule has 0 aliphatic rings. The van der Waals surface area contributed by atoms with Gasteiger partial charge in [-0.3, -0.25) is 0 Å². The van der Waals surface area contributed by atoms with Crippen LogP contribution in [0.25, 0.3) is 10.4 Å². The molecule has 108 valence electrons. The Kier molecular flexibility index (Phi) is 5.67. The number of thiophene rings is 1. The molecule has 1 aromatic heterocycles. The summed E-state index contributed by atoms with van der Waals surface area (Å²) < 4.78 is 0.943. The Morgan fingerprint density at radius 2 is 2.00 bits per heavy atom. The van der Waals surface area contributed by atoms with Crippen molar-refractivity contribution in [2.24, 2.45) is 5.92 Å². The first kappa shape index (κ1) is 16.0. The first-order valence-electron chi connectivity index (χ1n) is 6.81. The van der Waals surface area contributed by atoms with Crippen LogP contribution in [0.4, 0.5) is 0 Å². The Balaban J connectivity index is 2.29. The molecule has 0 amide bonds. The predicted octanol–water partition coefficient (Wildman–Crippen LogP) is 6.14. The maximum atomic E-state index is 6.05. The monoisotopic (exact) mass is 371 g/mol. The first-order valence-corrected chi connectivity index (χ1v) is 8.80. The third-order valence-electron chi connectivity index (χ3n) is 3.23. The molecule has 0 bridgehead atoms. The second kappa shape index (κ2) is 7.08. The zero-order chi connectivity index (χ0) is 14.7. The number of benzene rings is 1. The zero-order valence-electron chi connectivity index (χ0n) is 11.9. The Morgan fingerprint density at radius 1 is 1.25 bits per heavy atom. The van der Waals surface area contributed by atoms with Crippen LogP contribution in [0.15, 0.2) is 34.8 Å². The minimum Gasteiger partial charge on any atom is -0.309 e. The molecule has 0 spiro atoms. The highest BCUT2D eigenvalue weighted by atomic mass is 79.9. The molecule has 20 heavy (non-hydrogen) atoms. The lowest BCUT2D eigenvalue weighted by Crippen LogP contribution is -2.24. The summed E-state index contributed by atoms with van der Waals surface area (Å²) in [5, 5.41) is 4.31. The largest absolute Gasteiger partial charge is 0.309 e. The lowest BCUT2D eigenvalue weighted by molar-refractivity contribution is 0.428. The molecular formula is C16H19BrClNS. The van der Waals surface area contributed by atoms with E-state index in [2.05, 4.69) is 66.3 Å². The van der Waals surface area contributed by atoms with Crippen molar-refractivity contribution in [1.29, 1.82) is 0 Å². The van der Waals surface area contributed by atoms with Gasteiger partial charge >= 0.3 is 0 Å². The van der Waals surface area contributed by atoms with E-state index >= 15 is 0 Å². The Hall–Kier alpha value is -0.350. The number of halogens is 2. The Morgan fingerprint density at radius 3 is 2.60 bits per heavy atom. The lowest BCUT2D eigenvalue weighted by atomic mass is 10.0. The van der Waals surface area contributed by atoms with Gasteiger partial charge in [-0.2, -0.15) is 0 Å². The van der Waals surface area contributed by atoms with Crippen molar-refractivity contribution in [3.8, 4) is 10.4 Å². The van der Waals surface area contributed by atoms with Gasteiger partial charge in [-0.1, -0.05) is 38.4 Å². The SMILES string of the molecule is CCNC(c1ccc(-c2ccc(Cl)c(Br)c2)s1)C(C)C. The second-order valence-electron chi connectivity index (χ2n) is 5.11. The summed E-state index contributed by atoms with van der Waals surface area (Å²) in [6.07, 6.45) is 0. The van der Waals surface area contributed by atoms with Gasteiger partial charge in [0.2, 0.25) is 0 Å². The van der Waals surface area contributed by atoms with Crippen molar-refractivity contribution in [2.75, 3.05) is 6.54 Å². The molecule has 1 nitrogen and oxygen atoms in total. The molecule has 0 saturated carbocycles. The Bertz CT molecular complexity index is 580. The number of hydrogen-bond donors (Lipinski definition) is 1. The summed E-state index contributed by atoms with van der Waals surface area (Å²) in [4.78, 5) is 2.67. The van der Waals surface area contributed by atoms with Crippen molar-refractivity contribution < 1.29 is 0 Å². The molecule has 0 aliphatic heterocycles. The fraction of sp³-hybridized carbons (Fsp3) is 0.375. The van der Waals surface area contributed by atoms with E-state index in [-0.39, 0.29) is 0 Å². The van der Waals surface area contributed by atoms with Crippen LogP contribution < -0.4 is 5.32 Å². The first-order chi connectivity index (χ1) is 9.52. The Labute approximate surface area is 138 Å². The van der Waals surface area contributed by atoms with Gasteiger partial charge in [0.05, 0.1) is 5.02 Å². The fourth-order valence-corrected chi connectivity index (χ4v) is 3.96. The molecule has 1 N–H and O–H groups in total. The average Bonchev–Trinajstić information content (AvgIpc) is 2.88. The number of hydrogen-bond acceptors (Lipinski definition) is 2. The van der Waals surface area contributed by atoms with E-state index in [1.165, 1.54) is 15.3 Å². The van der Waals surface area contributed by atoms with E-state index in [0.717, 1.165) is 16.0 Å². The van der Waals surface area contributed by atoms with Gasteiger partial charge in [0, 0.05) is 20.3 Å². The highest BCUT2D eigenvalue weighted by molar-refractivity contribution is 9.10. The molecule has 1 heterocycles. The van der Waals surface area contributed by atoms with Gasteiger partial charge in [0.25, 0.3) is 0 Å². The highest BCUT2D eigenvalue weighted by Gasteiger charge is 2.17. The normalized spacial score (nSPS) is 12.9. The summed E-state index contributed by atoms with van der Waals surface area (Å²) in [6.45, 7) is 7.65. The van der Waals surface area contributed by atoms with Crippen molar-refractivity contribution in [2.45, 2.75) is 26.8 Å². The zero-order valence-corrected chi connectivity index (χ0v) is 15.1. The molecule has 2 rings (SSSR count). The third kappa shape index (κ3) is 3.64. The van der Waals surface area contributed by atoms with Crippen LogP contribution in [0.3, 0.4) is 0 Å². The molecule has 0 aliphatic carbocycles. The van der Waals surface area contributed by atoms with Crippen molar-refractivity contribution in [1.82, 2.24) is 5.32 Å². The second-order valence-corrected chi connectivity index (χ2v) is 7.49. The van der Waals surface area contributed by atoms with E-state index in [1.54, 1.807) is 0 Å². The molecule has 0 fully saturated rings. The maximum absolute atomic E-state index is 6.05. The molecule has 0 saturated heterocycles. The van der Waals surface area contributed by atoms with Crippen LogP contribution in [-0.2, 0) is 0 Å². The minimum absolute atomic E-state index is 0.425. The standard InChI is InChI=1S/C16H19BrClNS/c1-4-19-16(10(2)3)15-8-7-14(20-15)11-5-6-13(18)12(17)9-11/h5-10,16,19H,4H2,1-3H3. The van der Waals surface area contributed by atoms with Gasteiger partial charge in [-0.15, -0.1) is 11.3 Å². The summed E-state index contributed by atoms with van der Waals surface area (Å²) in [5.74, 6) is 0.582. The van der Waals surface area contributed by atoms with Crippen LogP contribution >= 0.6 is 38.9 Å². The summed E-state index contributed by atoms with van der Waals surface area (Å²) in [6, 6.07) is 10.9. The molecule has 1 unspecified atom stereocenters. The van der Waals surface area contributed by atoms with Gasteiger partial charge in [0.15, 0.2) is 0 Å². The van der Waals surface area contributed by atoms with Crippen molar-refractivity contribution in [3.05, 3.63) is 44.7 Å². The topological polar surface area (TPSA) is 12.0 Å². The van der Waals surface area contributed by atoms with Crippen molar-refractivity contribution >= 4 is 38.9 Å². The van der Waals surface area contributed by atoms with Crippen LogP contribution in [0, 0.1) is 5.92 Å². The molecule has 1 aromatic carbocycles. The number of nitrogens with one attached hydrogen (secondary N) is 1. The van der Waals surface area contributed by atoms with E-state index in [9.17, 15) is 0 Å². The van der Waals surface area contributed by atoms with Gasteiger partial charge in [-0.05, 0) is 58.2 Å². The van der Waals surface area contributed by atoms with Crippen LogP contribution in [0.5, 0.6) is 0 Å². The van der Waals surface area contributed by atoms with Gasteiger partial charge < -0.3 is 5.32 Å². The third-order valence-corrected chi connectivity index (χ3v) is 5.66. The lowest BCUT2D eigenvalue weighted by Gasteiger charge is -2.20. The molecular weight excluding hydrogens is 354 g/mol. The summed E-state index contributed by atoms with van der Waals surface area (Å²) in [5.41, 5.74) is 1.21. The van der Waals surface area contributed by atoms with Crippen LogP contribution in [0.2, 0.25) is 5.02 Å². The smallest absolute Gasteiger partial charge is 0.0548 e. The summed E-state index contributed by atoms with van der Waals surface area (Å²) >= 11 is 11.4. The molecule has 0 radical (unpaired) electrons. The minimum atomic E-state index is 0.425. The molecule has 4 heteroatoms. The predicted molar refractivity (Wildman–Crippen MR) is 93.7 cm³/mol. The quantitative estimate of drug-likeness (QED) is 0.665. The van der Waals surface area contributed by atoms with Crippen LogP contribution in [-0.4, -0.2) is 6.54 Å². The number of rotatable bonds is 5. The highest BCUT2D eigenvalue weighted by Crippen LogP contribution is 2.36. The van der Waals surface area contributed by atoms with Crippen LogP contribution in [0.1, 0.15) is 31.7 Å². The van der Waals surface area contributed by atoms with Crippen molar-refractivity contribution in [3.63, 3.8) is 0 Å². The van der Waals surface area contributed by atoms with E-state index in [1.807, 2.05) is 17.4 Å². The molecule has 1 atom stereocenters. The fourth-order valence-electron chi connectivity index (χ4n) is 2.21. The van der Waals surface area contributed by atoms with E-state index in [4.69, 9.17) is 11.6 Å². The van der Waals surface area contributed by atoms with E-state index in [0.29, 0.717) is 12.0 Å². The average molecular weight is 373 g/mol. The summed E-state index contributed by atoms with van der Waals surface area (Å²) in [7, 11) is 0.